The summed E-state index contributed by atoms with van der Waals surface area (Å²) >= 11 is 0. The molecule has 0 unspecified atom stereocenters. The van der Waals surface area contributed by atoms with Gasteiger partial charge in [-0.15, -0.1) is 0 Å². The van der Waals surface area contributed by atoms with Crippen LogP contribution in [0.15, 0.2) is 30.6 Å². The monoisotopic (exact) mass is 189 g/mol. The van der Waals surface area contributed by atoms with Crippen LogP contribution in [0, 0.1) is 6.92 Å². The standard InChI is InChI=1S/C10H11N3O/c1-8-11-5-6-13(8)10-4-2-3-9(7-14)12-10/h2-6,14H,7H2,1H3. The number of nitrogens with zero attached hydrogens (tertiary/aromatic N) is 3. The third-order valence-corrected chi connectivity index (χ3v) is 2.03. The van der Waals surface area contributed by atoms with Gasteiger partial charge in [-0.25, -0.2) is 9.97 Å². The fraction of sp³-hybridized carbons (Fsp3) is 0.200. The first-order chi connectivity index (χ1) is 6.81. The largest absolute Gasteiger partial charge is 0.390 e. The highest BCUT2D eigenvalue weighted by atomic mass is 16.3. The molecule has 2 aromatic rings. The number of hydrogen-bond donors (Lipinski definition) is 1. The van der Waals surface area contributed by atoms with Crippen LogP contribution in [0.25, 0.3) is 5.82 Å². The van der Waals surface area contributed by atoms with Crippen molar-refractivity contribution in [2.24, 2.45) is 0 Å². The Morgan fingerprint density at radius 3 is 2.93 bits per heavy atom. The molecule has 72 valence electrons. The lowest BCUT2D eigenvalue weighted by molar-refractivity contribution is 0.277. The van der Waals surface area contributed by atoms with E-state index in [9.17, 15) is 0 Å². The molecule has 4 nitrogen and oxygen atoms in total. The Hall–Kier alpha value is -1.68. The molecule has 0 aromatic carbocycles. The van der Waals surface area contributed by atoms with Crippen molar-refractivity contribution >= 4 is 0 Å². The van der Waals surface area contributed by atoms with Crippen molar-refractivity contribution in [1.82, 2.24) is 14.5 Å². The van der Waals surface area contributed by atoms with Crippen LogP contribution in [-0.4, -0.2) is 19.6 Å². The van der Waals surface area contributed by atoms with E-state index in [0.717, 1.165) is 11.6 Å². The molecule has 0 bridgehead atoms. The van der Waals surface area contributed by atoms with Crippen LogP contribution >= 0.6 is 0 Å². The van der Waals surface area contributed by atoms with E-state index in [0.29, 0.717) is 5.69 Å². The number of rotatable bonds is 2. The topological polar surface area (TPSA) is 50.9 Å². The molecule has 0 spiro atoms. The van der Waals surface area contributed by atoms with Crippen LogP contribution in [0.5, 0.6) is 0 Å². The highest BCUT2D eigenvalue weighted by molar-refractivity contribution is 5.26. The summed E-state index contributed by atoms with van der Waals surface area (Å²) in [5, 5.41) is 8.94. The van der Waals surface area contributed by atoms with Gasteiger partial charge in [-0.05, 0) is 19.1 Å². The van der Waals surface area contributed by atoms with E-state index >= 15 is 0 Å². The number of aliphatic hydroxyl groups excluding tert-OH is 1. The third-order valence-electron chi connectivity index (χ3n) is 2.03. The highest BCUT2D eigenvalue weighted by Gasteiger charge is 2.01. The van der Waals surface area contributed by atoms with E-state index in [1.165, 1.54) is 0 Å². The van der Waals surface area contributed by atoms with Crippen LogP contribution in [-0.2, 0) is 6.61 Å². The summed E-state index contributed by atoms with van der Waals surface area (Å²) in [4.78, 5) is 8.38. The van der Waals surface area contributed by atoms with Crippen molar-refractivity contribution in [2.45, 2.75) is 13.5 Å². The molecule has 2 heterocycles. The first-order valence-electron chi connectivity index (χ1n) is 4.38. The number of aromatic nitrogens is 3. The first-order valence-corrected chi connectivity index (χ1v) is 4.38. The second-order valence-corrected chi connectivity index (χ2v) is 2.99. The second-order valence-electron chi connectivity index (χ2n) is 2.99. The molecule has 0 fully saturated rings. The van der Waals surface area contributed by atoms with Crippen molar-refractivity contribution in [1.29, 1.82) is 0 Å². The summed E-state index contributed by atoms with van der Waals surface area (Å²) in [6.07, 6.45) is 3.57. The van der Waals surface area contributed by atoms with Crippen molar-refractivity contribution in [3.05, 3.63) is 42.1 Å². The van der Waals surface area contributed by atoms with Gasteiger partial charge in [0.1, 0.15) is 11.6 Å². The molecule has 0 amide bonds. The minimum Gasteiger partial charge on any atom is -0.390 e. The number of aliphatic hydroxyl groups is 1. The van der Waals surface area contributed by atoms with Crippen LogP contribution < -0.4 is 0 Å². The molecule has 0 radical (unpaired) electrons. The predicted molar refractivity (Wildman–Crippen MR) is 52.0 cm³/mol. The Kier molecular flexibility index (Phi) is 2.28. The lowest BCUT2D eigenvalue weighted by Crippen LogP contribution is -2.00. The van der Waals surface area contributed by atoms with Crippen molar-refractivity contribution in [3.8, 4) is 5.82 Å². The van der Waals surface area contributed by atoms with Gasteiger partial charge < -0.3 is 5.11 Å². The Morgan fingerprint density at radius 1 is 1.43 bits per heavy atom. The lowest BCUT2D eigenvalue weighted by Gasteiger charge is -2.04. The average Bonchev–Trinajstić information content (AvgIpc) is 2.65. The summed E-state index contributed by atoms with van der Waals surface area (Å²) in [6.45, 7) is 1.87. The maximum Gasteiger partial charge on any atom is 0.138 e. The Balaban J connectivity index is 2.47. The summed E-state index contributed by atoms with van der Waals surface area (Å²) in [5.74, 6) is 1.67. The molecule has 4 heteroatoms. The molecule has 2 rings (SSSR count). The molecular formula is C10H11N3O. The zero-order valence-electron chi connectivity index (χ0n) is 7.88. The normalized spacial score (nSPS) is 10.4. The molecule has 2 aromatic heterocycles. The summed E-state index contributed by atoms with van der Waals surface area (Å²) < 4.78 is 1.87. The quantitative estimate of drug-likeness (QED) is 0.768. The SMILES string of the molecule is Cc1nccn1-c1cccc(CO)n1. The number of aryl methyl sites for hydroxylation is 1. The van der Waals surface area contributed by atoms with E-state index in [1.807, 2.05) is 29.8 Å². The van der Waals surface area contributed by atoms with Crippen molar-refractivity contribution in [2.75, 3.05) is 0 Å². The fourth-order valence-corrected chi connectivity index (χ4v) is 1.31. The zero-order chi connectivity index (χ0) is 9.97. The van der Waals surface area contributed by atoms with Crippen LogP contribution in [0.2, 0.25) is 0 Å². The van der Waals surface area contributed by atoms with Gasteiger partial charge in [0.2, 0.25) is 0 Å². The number of hydrogen-bond acceptors (Lipinski definition) is 3. The van der Waals surface area contributed by atoms with E-state index in [4.69, 9.17) is 5.11 Å². The Labute approximate surface area is 81.9 Å². The van der Waals surface area contributed by atoms with E-state index in [-0.39, 0.29) is 6.61 Å². The van der Waals surface area contributed by atoms with E-state index < -0.39 is 0 Å². The molecule has 0 atom stereocenters. The van der Waals surface area contributed by atoms with Crippen LogP contribution in [0.4, 0.5) is 0 Å². The fourth-order valence-electron chi connectivity index (χ4n) is 1.31. The van der Waals surface area contributed by atoms with Crippen LogP contribution in [0.3, 0.4) is 0 Å². The summed E-state index contributed by atoms with van der Waals surface area (Å²) in [5.41, 5.74) is 0.663. The zero-order valence-corrected chi connectivity index (χ0v) is 7.88. The minimum absolute atomic E-state index is 0.0401. The molecule has 0 aliphatic carbocycles. The Bertz CT molecular complexity index is 436. The van der Waals surface area contributed by atoms with Crippen LogP contribution in [0.1, 0.15) is 11.5 Å². The van der Waals surface area contributed by atoms with Gasteiger partial charge in [-0.3, -0.25) is 4.57 Å². The number of pyridine rings is 1. The first kappa shape index (κ1) is 8.90. The second kappa shape index (κ2) is 3.59. The van der Waals surface area contributed by atoms with E-state index in [1.54, 1.807) is 12.3 Å². The molecule has 0 aliphatic heterocycles. The molecule has 0 saturated heterocycles. The van der Waals surface area contributed by atoms with Crippen molar-refractivity contribution in [3.63, 3.8) is 0 Å². The number of imidazole rings is 1. The molecule has 1 N–H and O–H groups in total. The third kappa shape index (κ3) is 1.52. The van der Waals surface area contributed by atoms with Gasteiger partial charge in [0, 0.05) is 12.4 Å². The lowest BCUT2D eigenvalue weighted by atomic mass is 10.3. The predicted octanol–water partition coefficient (Wildman–Crippen LogP) is 1.07. The minimum atomic E-state index is -0.0401. The van der Waals surface area contributed by atoms with Gasteiger partial charge in [-0.1, -0.05) is 6.07 Å². The molecule has 0 saturated carbocycles. The smallest absolute Gasteiger partial charge is 0.138 e. The maximum absolute atomic E-state index is 8.94. The Morgan fingerprint density at radius 2 is 2.29 bits per heavy atom. The molecule has 0 aliphatic rings. The van der Waals surface area contributed by atoms with Gasteiger partial charge in [0.15, 0.2) is 0 Å². The van der Waals surface area contributed by atoms with Gasteiger partial charge in [-0.2, -0.15) is 0 Å². The summed E-state index contributed by atoms with van der Waals surface area (Å²) in [7, 11) is 0. The highest BCUT2D eigenvalue weighted by Crippen LogP contribution is 2.07. The van der Waals surface area contributed by atoms with Gasteiger partial charge >= 0.3 is 0 Å². The van der Waals surface area contributed by atoms with Gasteiger partial charge in [0.25, 0.3) is 0 Å². The maximum atomic E-state index is 8.94. The van der Waals surface area contributed by atoms with Crippen molar-refractivity contribution < 1.29 is 5.11 Å². The molecular weight excluding hydrogens is 178 g/mol. The van der Waals surface area contributed by atoms with E-state index in [2.05, 4.69) is 9.97 Å². The average molecular weight is 189 g/mol. The summed E-state index contributed by atoms with van der Waals surface area (Å²) in [6, 6.07) is 5.54. The van der Waals surface area contributed by atoms with Gasteiger partial charge in [0.05, 0.1) is 12.3 Å². The molecule has 14 heavy (non-hydrogen) atoms.